The Bertz CT molecular complexity index is 882. The van der Waals surface area contributed by atoms with Gasteiger partial charge in [0.25, 0.3) is 5.91 Å². The van der Waals surface area contributed by atoms with Crippen LogP contribution in [0.25, 0.3) is 0 Å². The molecule has 0 saturated carbocycles. The van der Waals surface area contributed by atoms with E-state index in [1.165, 1.54) is 18.3 Å². The third kappa shape index (κ3) is 5.04. The molecule has 2 N–H and O–H groups in total. The van der Waals surface area contributed by atoms with Crippen molar-refractivity contribution in [2.75, 3.05) is 17.2 Å². The Morgan fingerprint density at radius 1 is 1.00 bits per heavy atom. The second-order valence-corrected chi connectivity index (χ2v) is 6.16. The van der Waals surface area contributed by atoms with Gasteiger partial charge < -0.3 is 10.6 Å². The van der Waals surface area contributed by atoms with Crippen molar-refractivity contribution in [2.24, 2.45) is 0 Å². The maximum Gasteiger partial charge on any atom is 0.257 e. The number of benzene rings is 2. The van der Waals surface area contributed by atoms with Crippen LogP contribution in [0.3, 0.4) is 0 Å². The molecule has 0 aliphatic heterocycles. The molecule has 0 saturated heterocycles. The minimum Gasteiger partial charge on any atom is -0.383 e. The van der Waals surface area contributed by atoms with Crippen LogP contribution in [0.15, 0.2) is 67.0 Å². The summed E-state index contributed by atoms with van der Waals surface area (Å²) in [7, 11) is 0. The lowest BCUT2D eigenvalue weighted by molar-refractivity contribution is 0.102. The first kappa shape index (κ1) is 17.9. The SMILES string of the molecule is O=C(Nc1ccc(Cl)cc1)c1cncc(NCCc2ccc(F)cc2)c1. The molecule has 0 unspecified atom stereocenters. The van der Waals surface area contributed by atoms with E-state index in [4.69, 9.17) is 11.6 Å². The second-order valence-electron chi connectivity index (χ2n) is 5.73. The highest BCUT2D eigenvalue weighted by molar-refractivity contribution is 6.30. The molecule has 1 amide bonds. The first-order valence-corrected chi connectivity index (χ1v) is 8.48. The van der Waals surface area contributed by atoms with Gasteiger partial charge in [0.1, 0.15) is 5.82 Å². The smallest absolute Gasteiger partial charge is 0.257 e. The van der Waals surface area contributed by atoms with E-state index < -0.39 is 0 Å². The van der Waals surface area contributed by atoms with Crippen molar-refractivity contribution in [3.63, 3.8) is 0 Å². The number of anilines is 2. The van der Waals surface area contributed by atoms with E-state index in [1.54, 1.807) is 48.7 Å². The molecule has 0 fully saturated rings. The predicted octanol–water partition coefficient (Wildman–Crippen LogP) is 4.78. The molecule has 4 nitrogen and oxygen atoms in total. The first-order chi connectivity index (χ1) is 12.6. The Hall–Kier alpha value is -2.92. The molecule has 0 radical (unpaired) electrons. The molecule has 6 heteroatoms. The Morgan fingerprint density at radius 2 is 1.73 bits per heavy atom. The van der Waals surface area contributed by atoms with Crippen LogP contribution in [-0.2, 0) is 6.42 Å². The average molecular weight is 370 g/mol. The molecule has 2 aromatic carbocycles. The summed E-state index contributed by atoms with van der Waals surface area (Å²) in [6.07, 6.45) is 3.90. The Morgan fingerprint density at radius 3 is 2.46 bits per heavy atom. The number of pyridine rings is 1. The number of amides is 1. The van der Waals surface area contributed by atoms with E-state index in [0.29, 0.717) is 22.8 Å². The van der Waals surface area contributed by atoms with Crippen molar-refractivity contribution in [3.05, 3.63) is 89.0 Å². The molecule has 0 aliphatic carbocycles. The van der Waals surface area contributed by atoms with Crippen molar-refractivity contribution in [2.45, 2.75) is 6.42 Å². The van der Waals surface area contributed by atoms with Crippen LogP contribution >= 0.6 is 11.6 Å². The van der Waals surface area contributed by atoms with E-state index in [0.717, 1.165) is 17.7 Å². The van der Waals surface area contributed by atoms with Gasteiger partial charge >= 0.3 is 0 Å². The van der Waals surface area contributed by atoms with Gasteiger partial charge in [0.2, 0.25) is 0 Å². The monoisotopic (exact) mass is 369 g/mol. The van der Waals surface area contributed by atoms with Gasteiger partial charge in [-0.05, 0) is 54.4 Å². The van der Waals surface area contributed by atoms with Crippen LogP contribution in [-0.4, -0.2) is 17.4 Å². The number of carbonyl (C=O) groups excluding carboxylic acids is 1. The number of nitrogens with zero attached hydrogens (tertiary/aromatic N) is 1. The zero-order valence-corrected chi connectivity index (χ0v) is 14.6. The Kier molecular flexibility index (Phi) is 5.81. The third-order valence-electron chi connectivity index (χ3n) is 3.76. The van der Waals surface area contributed by atoms with Crippen LogP contribution in [0, 0.1) is 5.82 Å². The van der Waals surface area contributed by atoms with Crippen molar-refractivity contribution in [1.29, 1.82) is 0 Å². The molecule has 1 heterocycles. The number of aromatic nitrogens is 1. The number of rotatable bonds is 6. The molecule has 3 aromatic rings. The van der Waals surface area contributed by atoms with Crippen molar-refractivity contribution in [3.8, 4) is 0 Å². The summed E-state index contributed by atoms with van der Waals surface area (Å²) < 4.78 is 12.9. The minimum atomic E-state index is -0.248. The largest absolute Gasteiger partial charge is 0.383 e. The topological polar surface area (TPSA) is 54.0 Å². The highest BCUT2D eigenvalue weighted by Gasteiger charge is 2.07. The van der Waals surface area contributed by atoms with Crippen LogP contribution in [0.5, 0.6) is 0 Å². The molecule has 26 heavy (non-hydrogen) atoms. The summed E-state index contributed by atoms with van der Waals surface area (Å²) in [6.45, 7) is 0.648. The lowest BCUT2D eigenvalue weighted by Crippen LogP contribution is -2.13. The summed E-state index contributed by atoms with van der Waals surface area (Å²) >= 11 is 5.84. The van der Waals surface area contributed by atoms with Gasteiger partial charge in [0.05, 0.1) is 11.3 Å². The van der Waals surface area contributed by atoms with Gasteiger partial charge in [-0.3, -0.25) is 9.78 Å². The molecule has 132 valence electrons. The summed E-state index contributed by atoms with van der Waals surface area (Å²) in [5.41, 5.74) is 2.89. The second kappa shape index (κ2) is 8.45. The van der Waals surface area contributed by atoms with Crippen molar-refractivity contribution < 1.29 is 9.18 Å². The molecular weight excluding hydrogens is 353 g/mol. The fourth-order valence-electron chi connectivity index (χ4n) is 2.40. The highest BCUT2D eigenvalue weighted by atomic mass is 35.5. The number of carbonyl (C=O) groups is 1. The first-order valence-electron chi connectivity index (χ1n) is 8.10. The van der Waals surface area contributed by atoms with E-state index in [2.05, 4.69) is 15.6 Å². The maximum atomic E-state index is 12.9. The zero-order valence-electron chi connectivity index (χ0n) is 13.9. The number of halogens is 2. The summed E-state index contributed by atoms with van der Waals surface area (Å²) in [6, 6.07) is 15.0. The van der Waals surface area contributed by atoms with Gasteiger partial charge in [0, 0.05) is 29.6 Å². The molecular formula is C20H17ClFN3O. The van der Waals surface area contributed by atoms with E-state index in [-0.39, 0.29) is 11.7 Å². The van der Waals surface area contributed by atoms with Gasteiger partial charge in [-0.1, -0.05) is 23.7 Å². The van der Waals surface area contributed by atoms with Crippen LogP contribution in [0.1, 0.15) is 15.9 Å². The normalized spacial score (nSPS) is 10.4. The number of nitrogens with one attached hydrogen (secondary N) is 2. The highest BCUT2D eigenvalue weighted by Crippen LogP contribution is 2.15. The van der Waals surface area contributed by atoms with E-state index in [9.17, 15) is 9.18 Å². The fraction of sp³-hybridized carbons (Fsp3) is 0.100. The fourth-order valence-corrected chi connectivity index (χ4v) is 2.53. The molecule has 0 aliphatic rings. The van der Waals surface area contributed by atoms with Gasteiger partial charge in [0.15, 0.2) is 0 Å². The predicted molar refractivity (Wildman–Crippen MR) is 102 cm³/mol. The summed E-state index contributed by atoms with van der Waals surface area (Å²) in [4.78, 5) is 16.4. The van der Waals surface area contributed by atoms with Gasteiger partial charge in [-0.15, -0.1) is 0 Å². The maximum absolute atomic E-state index is 12.9. The lowest BCUT2D eigenvalue weighted by Gasteiger charge is -2.09. The van der Waals surface area contributed by atoms with Crippen LogP contribution < -0.4 is 10.6 Å². The van der Waals surface area contributed by atoms with Gasteiger partial charge in [-0.25, -0.2) is 4.39 Å². The van der Waals surface area contributed by atoms with Crippen LogP contribution in [0.2, 0.25) is 5.02 Å². The van der Waals surface area contributed by atoms with Crippen molar-refractivity contribution in [1.82, 2.24) is 4.98 Å². The summed E-state index contributed by atoms with van der Waals surface area (Å²) in [5.74, 6) is -0.493. The quantitative estimate of drug-likeness (QED) is 0.657. The number of hydrogen-bond donors (Lipinski definition) is 2. The summed E-state index contributed by atoms with van der Waals surface area (Å²) in [5, 5.41) is 6.63. The van der Waals surface area contributed by atoms with Crippen LogP contribution in [0.4, 0.5) is 15.8 Å². The van der Waals surface area contributed by atoms with E-state index >= 15 is 0 Å². The molecule has 0 atom stereocenters. The Balaban J connectivity index is 1.57. The zero-order chi connectivity index (χ0) is 18.4. The molecule has 0 spiro atoms. The lowest BCUT2D eigenvalue weighted by atomic mass is 10.1. The van der Waals surface area contributed by atoms with E-state index in [1.807, 2.05) is 0 Å². The van der Waals surface area contributed by atoms with Crippen molar-refractivity contribution >= 4 is 28.9 Å². The molecule has 1 aromatic heterocycles. The minimum absolute atomic E-state index is 0.245. The van der Waals surface area contributed by atoms with Gasteiger partial charge in [-0.2, -0.15) is 0 Å². The average Bonchev–Trinajstić information content (AvgIpc) is 2.65. The molecule has 3 rings (SSSR count). The molecule has 0 bridgehead atoms. The Labute approximate surface area is 156 Å². The third-order valence-corrected chi connectivity index (χ3v) is 4.01. The standard InChI is InChI=1S/C20H17ClFN3O/c21-16-3-7-18(8-4-16)25-20(26)15-11-19(13-23-12-15)24-10-9-14-1-5-17(22)6-2-14/h1-8,11-13,24H,9-10H2,(H,25,26). The number of hydrogen-bond acceptors (Lipinski definition) is 3.